The van der Waals surface area contributed by atoms with E-state index in [0.29, 0.717) is 24.8 Å². The molecule has 0 radical (unpaired) electrons. The molecule has 0 aromatic heterocycles. The second-order valence-corrected chi connectivity index (χ2v) is 5.43. The first kappa shape index (κ1) is 13.9. The second-order valence-electron chi connectivity index (χ2n) is 5.43. The van der Waals surface area contributed by atoms with Gasteiger partial charge >= 0.3 is 6.09 Å². The van der Waals surface area contributed by atoms with Gasteiger partial charge in [0.1, 0.15) is 12.4 Å². The number of ether oxygens (including phenoxy) is 2. The van der Waals surface area contributed by atoms with Gasteiger partial charge in [-0.2, -0.15) is 0 Å². The lowest BCUT2D eigenvalue weighted by atomic mass is 9.94. The molecule has 1 aromatic carbocycles. The number of benzene rings is 1. The summed E-state index contributed by atoms with van der Waals surface area (Å²) < 4.78 is 10.8. The average molecular weight is 287 g/mol. The number of carbonyl (C=O) groups is 1. The lowest BCUT2D eigenvalue weighted by Crippen LogP contribution is -2.38. The molecule has 2 aliphatic rings. The van der Waals surface area contributed by atoms with Gasteiger partial charge in [-0.1, -0.05) is 25.3 Å². The molecule has 112 valence electrons. The van der Waals surface area contributed by atoms with E-state index < -0.39 is 0 Å². The number of hydrogen-bond donors (Lipinski definition) is 1. The van der Waals surface area contributed by atoms with E-state index in [1.807, 2.05) is 12.1 Å². The molecule has 0 atom stereocenters. The molecule has 1 N–H and O–H groups in total. The second kappa shape index (κ2) is 6.61. The third-order valence-corrected chi connectivity index (χ3v) is 3.80. The molecule has 1 saturated carbocycles. The van der Waals surface area contributed by atoms with Crippen LogP contribution in [0.1, 0.15) is 37.7 Å². The Labute approximate surface area is 124 Å². The lowest BCUT2D eigenvalue weighted by Gasteiger charge is -2.22. The zero-order valence-electron chi connectivity index (χ0n) is 12.0. The van der Waals surface area contributed by atoms with E-state index in [4.69, 9.17) is 9.47 Å². The maximum atomic E-state index is 11.9. The van der Waals surface area contributed by atoms with E-state index >= 15 is 0 Å². The summed E-state index contributed by atoms with van der Waals surface area (Å²) >= 11 is 0. The Morgan fingerprint density at radius 2 is 2.14 bits per heavy atom. The maximum absolute atomic E-state index is 11.9. The number of nitrogens with one attached hydrogen (secondary N) is 1. The van der Waals surface area contributed by atoms with Crippen molar-refractivity contribution in [3.8, 4) is 5.75 Å². The molecule has 1 fully saturated rings. The molecule has 3 rings (SSSR count). The molecule has 1 heterocycles. The Bertz CT molecular complexity index is 536. The highest BCUT2D eigenvalue weighted by molar-refractivity contribution is 5.95. The zero-order valence-corrected chi connectivity index (χ0v) is 12.0. The van der Waals surface area contributed by atoms with E-state index in [-0.39, 0.29) is 12.1 Å². The average Bonchev–Trinajstić information content (AvgIpc) is 3.02. The van der Waals surface area contributed by atoms with Crippen LogP contribution in [0, 0.1) is 0 Å². The predicted molar refractivity (Wildman–Crippen MR) is 79.8 cm³/mol. The van der Waals surface area contributed by atoms with Crippen LogP contribution in [-0.4, -0.2) is 31.2 Å². The highest BCUT2D eigenvalue weighted by Gasteiger charge is 2.17. The molecule has 5 nitrogen and oxygen atoms in total. The van der Waals surface area contributed by atoms with Crippen molar-refractivity contribution < 1.29 is 14.3 Å². The van der Waals surface area contributed by atoms with Crippen LogP contribution < -0.4 is 10.1 Å². The molecule has 1 aromatic rings. The summed E-state index contributed by atoms with van der Waals surface area (Å²) in [5.41, 5.74) is 0.843. The smallest absolute Gasteiger partial charge is 0.412 e. The van der Waals surface area contributed by atoms with Crippen molar-refractivity contribution in [1.82, 2.24) is 5.32 Å². The van der Waals surface area contributed by atoms with Crippen LogP contribution >= 0.6 is 0 Å². The topological polar surface area (TPSA) is 59.9 Å². The van der Waals surface area contributed by atoms with Crippen LogP contribution in [0.2, 0.25) is 0 Å². The maximum Gasteiger partial charge on any atom is 0.412 e. The van der Waals surface area contributed by atoms with E-state index in [9.17, 15) is 4.79 Å². The fraction of sp³-hybridized carbons (Fsp3) is 0.500. The molecule has 1 aliphatic carbocycles. The Kier molecular flexibility index (Phi) is 4.38. The normalized spacial score (nSPS) is 18.8. The van der Waals surface area contributed by atoms with E-state index in [0.717, 1.165) is 18.4 Å². The van der Waals surface area contributed by atoms with Crippen LogP contribution in [0.25, 0.3) is 0 Å². The Hall–Kier alpha value is -2.04. The number of amides is 1. The highest BCUT2D eigenvalue weighted by atomic mass is 16.5. The third kappa shape index (κ3) is 3.74. The number of carbonyl (C=O) groups excluding carboxylic acids is 1. The summed E-state index contributed by atoms with van der Waals surface area (Å²) in [6.07, 6.45) is 5.32. The number of hydrogen-bond acceptors (Lipinski definition) is 4. The fourth-order valence-electron chi connectivity index (χ4n) is 2.75. The number of nitrogens with zero attached hydrogens (tertiary/aromatic N) is 1. The van der Waals surface area contributed by atoms with Gasteiger partial charge in [0.25, 0.3) is 0 Å². The van der Waals surface area contributed by atoms with Gasteiger partial charge < -0.3 is 14.8 Å². The Balaban J connectivity index is 1.59. The molecule has 0 unspecified atom stereocenters. The van der Waals surface area contributed by atoms with Crippen LogP contribution in [0.15, 0.2) is 29.3 Å². The largest absolute Gasteiger partial charge is 0.476 e. The van der Waals surface area contributed by atoms with Gasteiger partial charge in [-0.05, 0) is 31.0 Å². The van der Waals surface area contributed by atoms with Crippen molar-refractivity contribution in [2.24, 2.45) is 4.99 Å². The summed E-state index contributed by atoms with van der Waals surface area (Å²) in [7, 11) is 0. The Morgan fingerprint density at radius 1 is 1.29 bits per heavy atom. The summed E-state index contributed by atoms with van der Waals surface area (Å²) in [4.78, 5) is 16.2. The van der Waals surface area contributed by atoms with Crippen LogP contribution in [-0.2, 0) is 4.74 Å². The minimum atomic E-state index is -0.381. The minimum absolute atomic E-state index is 0.247. The molecule has 21 heavy (non-hydrogen) atoms. The molecule has 5 heteroatoms. The first-order chi connectivity index (χ1) is 10.3. The van der Waals surface area contributed by atoms with Gasteiger partial charge in [-0.15, -0.1) is 0 Å². The van der Waals surface area contributed by atoms with Crippen LogP contribution in [0.3, 0.4) is 0 Å². The molecular weight excluding hydrogens is 267 g/mol. The van der Waals surface area contributed by atoms with Gasteiger partial charge in [-0.3, -0.25) is 0 Å². The first-order valence-electron chi connectivity index (χ1n) is 7.57. The van der Waals surface area contributed by atoms with Gasteiger partial charge in [0.2, 0.25) is 5.90 Å². The van der Waals surface area contributed by atoms with Crippen molar-refractivity contribution in [3.63, 3.8) is 0 Å². The lowest BCUT2D eigenvalue weighted by molar-refractivity contribution is 0.192. The van der Waals surface area contributed by atoms with Crippen molar-refractivity contribution in [3.05, 3.63) is 29.8 Å². The van der Waals surface area contributed by atoms with Crippen LogP contribution in [0.4, 0.5) is 4.79 Å². The SMILES string of the molecule is O=[11C](NC1CCCCC1)Oc1cccc(C2=NCCO2)c1. The van der Waals surface area contributed by atoms with E-state index in [2.05, 4.69) is 10.3 Å². The van der Waals surface area contributed by atoms with Crippen LogP contribution in [0.5, 0.6) is 5.75 Å². The van der Waals surface area contributed by atoms with Gasteiger partial charge in [0.05, 0.1) is 6.54 Å². The van der Waals surface area contributed by atoms with Gasteiger partial charge in [0.15, 0.2) is 0 Å². The monoisotopic (exact) mass is 287 g/mol. The summed E-state index contributed by atoms with van der Waals surface area (Å²) in [5, 5.41) is 2.93. The fourth-order valence-corrected chi connectivity index (χ4v) is 2.75. The van der Waals surface area contributed by atoms with Gasteiger partial charge in [0, 0.05) is 11.6 Å². The summed E-state index contributed by atoms with van der Waals surface area (Å²) in [6, 6.07) is 7.53. The quantitative estimate of drug-likeness (QED) is 0.930. The molecule has 1 amide bonds. The minimum Gasteiger partial charge on any atom is -0.476 e. The zero-order chi connectivity index (χ0) is 14.5. The van der Waals surface area contributed by atoms with E-state index in [1.54, 1.807) is 12.1 Å². The number of aliphatic imine (C=N–C) groups is 1. The van der Waals surface area contributed by atoms with E-state index in [1.165, 1.54) is 19.3 Å². The van der Waals surface area contributed by atoms with Crippen molar-refractivity contribution in [2.75, 3.05) is 13.2 Å². The summed E-state index contributed by atoms with van der Waals surface area (Å²) in [5.74, 6) is 1.13. The van der Waals surface area contributed by atoms with Crippen molar-refractivity contribution in [2.45, 2.75) is 38.1 Å². The molecule has 0 spiro atoms. The number of rotatable bonds is 3. The molecule has 0 saturated heterocycles. The molecular formula is C16H20N2O3. The highest BCUT2D eigenvalue weighted by Crippen LogP contribution is 2.19. The standard InChI is InChI=1S/C16H20N2O3/c19-16(18-13-6-2-1-3-7-13)21-14-8-4-5-12(11-14)15-17-9-10-20-15/h4-5,8,11,13H,1-3,6-7,9-10H2,(H,18,19)/i16-1. The van der Waals surface area contributed by atoms with Crippen molar-refractivity contribution >= 4 is 12.0 Å². The summed E-state index contributed by atoms with van der Waals surface area (Å²) in [6.45, 7) is 1.30. The predicted octanol–water partition coefficient (Wildman–Crippen LogP) is 2.88. The van der Waals surface area contributed by atoms with Gasteiger partial charge in [-0.25, -0.2) is 9.79 Å². The Morgan fingerprint density at radius 3 is 2.90 bits per heavy atom. The van der Waals surface area contributed by atoms with Crippen molar-refractivity contribution in [1.29, 1.82) is 0 Å². The first-order valence-corrected chi connectivity index (χ1v) is 7.57. The molecule has 0 bridgehead atoms. The molecule has 1 aliphatic heterocycles. The third-order valence-electron chi connectivity index (χ3n) is 3.80.